The summed E-state index contributed by atoms with van der Waals surface area (Å²) in [5.74, 6) is 2.29. The smallest absolute Gasteiger partial charge is 0.254 e. The first kappa shape index (κ1) is 19.2. The second-order valence-corrected chi connectivity index (χ2v) is 7.61. The molecule has 0 bridgehead atoms. The van der Waals surface area contributed by atoms with Gasteiger partial charge in [-0.05, 0) is 57.0 Å². The maximum Gasteiger partial charge on any atom is 0.254 e. The quantitative estimate of drug-likeness (QED) is 0.662. The number of likely N-dealkylation sites (tertiary alicyclic amines) is 1. The molecule has 0 N–H and O–H groups in total. The third-order valence-corrected chi connectivity index (χ3v) is 5.19. The van der Waals surface area contributed by atoms with Crippen LogP contribution in [0.5, 0.6) is 11.5 Å². The summed E-state index contributed by atoms with van der Waals surface area (Å²) in [6.45, 7) is 5.28. The van der Waals surface area contributed by atoms with Crippen LogP contribution in [0.1, 0.15) is 48.8 Å². The van der Waals surface area contributed by atoms with Crippen molar-refractivity contribution in [1.29, 1.82) is 0 Å². The highest BCUT2D eigenvalue weighted by Crippen LogP contribution is 2.31. The molecule has 1 unspecified atom stereocenters. The molecule has 4 rings (SSSR count). The minimum atomic E-state index is -0.00193. The van der Waals surface area contributed by atoms with Crippen molar-refractivity contribution in [2.24, 2.45) is 0 Å². The lowest BCUT2D eigenvalue weighted by Gasteiger charge is -2.32. The topological polar surface area (TPSA) is 69.0 Å². The molecule has 7 nitrogen and oxygen atoms in total. The van der Waals surface area contributed by atoms with Gasteiger partial charge in [-0.3, -0.25) is 9.20 Å². The van der Waals surface area contributed by atoms with Crippen molar-refractivity contribution in [1.82, 2.24) is 19.5 Å². The SMILES string of the molecule is COc1cc(C(=O)N2CCCC(c3nnc4ccccn34)C2)ccc1OC(C)C. The lowest BCUT2D eigenvalue weighted by atomic mass is 9.96. The van der Waals surface area contributed by atoms with Gasteiger partial charge in [-0.15, -0.1) is 10.2 Å². The molecule has 1 fully saturated rings. The number of nitrogens with zero attached hydrogens (tertiary/aromatic N) is 4. The van der Waals surface area contributed by atoms with E-state index in [-0.39, 0.29) is 17.9 Å². The van der Waals surface area contributed by atoms with Gasteiger partial charge in [-0.1, -0.05) is 6.07 Å². The number of fused-ring (bicyclic) bond motifs is 1. The first-order valence-corrected chi connectivity index (χ1v) is 10.0. The van der Waals surface area contributed by atoms with Crippen molar-refractivity contribution in [2.75, 3.05) is 20.2 Å². The van der Waals surface area contributed by atoms with E-state index in [2.05, 4.69) is 10.2 Å². The molecule has 1 atom stereocenters. The highest BCUT2D eigenvalue weighted by molar-refractivity contribution is 5.95. The van der Waals surface area contributed by atoms with Gasteiger partial charge in [0.15, 0.2) is 17.1 Å². The number of carbonyl (C=O) groups excluding carboxylic acids is 1. The molecule has 0 spiro atoms. The van der Waals surface area contributed by atoms with Crippen LogP contribution in [0.4, 0.5) is 0 Å². The molecule has 1 aliphatic heterocycles. The van der Waals surface area contributed by atoms with Crippen LogP contribution < -0.4 is 9.47 Å². The number of benzene rings is 1. The molecule has 3 heterocycles. The summed E-state index contributed by atoms with van der Waals surface area (Å²) in [7, 11) is 1.59. The zero-order valence-corrected chi connectivity index (χ0v) is 17.0. The van der Waals surface area contributed by atoms with E-state index in [1.807, 2.05) is 47.5 Å². The van der Waals surface area contributed by atoms with Gasteiger partial charge in [0, 0.05) is 30.8 Å². The molecule has 1 saturated heterocycles. The molecule has 0 aliphatic carbocycles. The van der Waals surface area contributed by atoms with Gasteiger partial charge >= 0.3 is 0 Å². The highest BCUT2D eigenvalue weighted by Gasteiger charge is 2.28. The zero-order valence-electron chi connectivity index (χ0n) is 17.0. The summed E-state index contributed by atoms with van der Waals surface area (Å²) in [5.41, 5.74) is 1.43. The predicted molar refractivity (Wildman–Crippen MR) is 110 cm³/mol. The summed E-state index contributed by atoms with van der Waals surface area (Å²) in [5, 5.41) is 8.65. The molecule has 2 aromatic heterocycles. The number of pyridine rings is 1. The number of hydrogen-bond donors (Lipinski definition) is 0. The van der Waals surface area contributed by atoms with Crippen LogP contribution in [0, 0.1) is 0 Å². The molecule has 3 aromatic rings. The Labute approximate surface area is 170 Å². The average Bonchev–Trinajstić information content (AvgIpc) is 3.17. The Balaban J connectivity index is 1.54. The van der Waals surface area contributed by atoms with E-state index in [0.29, 0.717) is 23.6 Å². The van der Waals surface area contributed by atoms with Gasteiger partial charge in [0.1, 0.15) is 5.82 Å². The number of hydrogen-bond acceptors (Lipinski definition) is 5. The lowest BCUT2D eigenvalue weighted by Crippen LogP contribution is -2.39. The molecule has 152 valence electrons. The van der Waals surface area contributed by atoms with Crippen LogP contribution in [0.15, 0.2) is 42.6 Å². The standard InChI is InChI=1S/C22H26N4O3/c1-15(2)29-18-10-9-16(13-19(18)28-3)22(27)25-11-6-7-17(14-25)21-24-23-20-8-4-5-12-26(20)21/h4-5,8-10,12-13,15,17H,6-7,11,14H2,1-3H3. The number of aromatic nitrogens is 3. The molecule has 1 aliphatic rings. The second-order valence-electron chi connectivity index (χ2n) is 7.61. The van der Waals surface area contributed by atoms with Gasteiger partial charge in [0.2, 0.25) is 0 Å². The van der Waals surface area contributed by atoms with Crippen molar-refractivity contribution >= 4 is 11.6 Å². The first-order chi connectivity index (χ1) is 14.1. The fourth-order valence-corrected chi connectivity index (χ4v) is 3.85. The van der Waals surface area contributed by atoms with Crippen LogP contribution in [-0.4, -0.2) is 51.7 Å². The van der Waals surface area contributed by atoms with E-state index in [9.17, 15) is 4.79 Å². The first-order valence-electron chi connectivity index (χ1n) is 10.0. The maximum atomic E-state index is 13.2. The molecular weight excluding hydrogens is 368 g/mol. The van der Waals surface area contributed by atoms with Crippen molar-refractivity contribution in [3.8, 4) is 11.5 Å². The number of piperidine rings is 1. The van der Waals surface area contributed by atoms with Crippen LogP contribution in [-0.2, 0) is 0 Å². The van der Waals surface area contributed by atoms with Gasteiger partial charge in [-0.2, -0.15) is 0 Å². The molecule has 1 amide bonds. The van der Waals surface area contributed by atoms with E-state index in [0.717, 1.165) is 30.9 Å². The van der Waals surface area contributed by atoms with Crippen molar-refractivity contribution in [3.63, 3.8) is 0 Å². The zero-order chi connectivity index (χ0) is 20.4. The molecule has 0 radical (unpaired) electrons. The third kappa shape index (κ3) is 3.90. The predicted octanol–water partition coefficient (Wildman–Crippen LogP) is 3.54. The van der Waals surface area contributed by atoms with Gasteiger partial charge in [0.25, 0.3) is 5.91 Å². The monoisotopic (exact) mass is 394 g/mol. The normalized spacial score (nSPS) is 17.0. The van der Waals surface area contributed by atoms with Crippen LogP contribution >= 0.6 is 0 Å². The molecule has 0 saturated carbocycles. The van der Waals surface area contributed by atoms with E-state index >= 15 is 0 Å². The Bertz CT molecular complexity index is 1010. The van der Waals surface area contributed by atoms with Crippen LogP contribution in [0.25, 0.3) is 5.65 Å². The molecule has 7 heteroatoms. The number of amides is 1. The number of carbonyl (C=O) groups is 1. The summed E-state index contributed by atoms with van der Waals surface area (Å²) in [6.07, 6.45) is 3.93. The summed E-state index contributed by atoms with van der Waals surface area (Å²) in [4.78, 5) is 15.1. The number of methoxy groups -OCH3 is 1. The Morgan fingerprint density at radius 2 is 2.03 bits per heavy atom. The van der Waals surface area contributed by atoms with Crippen molar-refractivity contribution in [2.45, 2.75) is 38.7 Å². The fraction of sp³-hybridized carbons (Fsp3) is 0.409. The Kier molecular flexibility index (Phi) is 5.38. The molecular formula is C22H26N4O3. The van der Waals surface area contributed by atoms with E-state index in [1.165, 1.54) is 0 Å². The van der Waals surface area contributed by atoms with E-state index < -0.39 is 0 Å². The number of ether oxygens (including phenoxy) is 2. The third-order valence-electron chi connectivity index (χ3n) is 5.19. The second kappa shape index (κ2) is 8.11. The molecule has 1 aromatic carbocycles. The summed E-state index contributed by atoms with van der Waals surface area (Å²) in [6, 6.07) is 11.2. The Hall–Kier alpha value is -3.09. The minimum Gasteiger partial charge on any atom is -0.493 e. The Morgan fingerprint density at radius 3 is 2.83 bits per heavy atom. The summed E-state index contributed by atoms with van der Waals surface area (Å²) < 4.78 is 13.2. The summed E-state index contributed by atoms with van der Waals surface area (Å²) >= 11 is 0. The maximum absolute atomic E-state index is 13.2. The van der Waals surface area contributed by atoms with Gasteiger partial charge < -0.3 is 14.4 Å². The van der Waals surface area contributed by atoms with Gasteiger partial charge in [0.05, 0.1) is 13.2 Å². The van der Waals surface area contributed by atoms with Crippen molar-refractivity contribution < 1.29 is 14.3 Å². The van der Waals surface area contributed by atoms with Crippen LogP contribution in [0.3, 0.4) is 0 Å². The minimum absolute atomic E-state index is 0.00193. The lowest BCUT2D eigenvalue weighted by molar-refractivity contribution is 0.0703. The van der Waals surface area contributed by atoms with Gasteiger partial charge in [-0.25, -0.2) is 0 Å². The average molecular weight is 394 g/mol. The van der Waals surface area contributed by atoms with E-state index in [4.69, 9.17) is 9.47 Å². The largest absolute Gasteiger partial charge is 0.493 e. The van der Waals surface area contributed by atoms with Crippen LogP contribution in [0.2, 0.25) is 0 Å². The van der Waals surface area contributed by atoms with Crippen molar-refractivity contribution in [3.05, 3.63) is 54.0 Å². The van der Waals surface area contributed by atoms with E-state index in [1.54, 1.807) is 25.3 Å². The number of rotatable bonds is 5. The highest BCUT2D eigenvalue weighted by atomic mass is 16.5. The molecule has 29 heavy (non-hydrogen) atoms. The fourth-order valence-electron chi connectivity index (χ4n) is 3.85. The Morgan fingerprint density at radius 1 is 1.17 bits per heavy atom.